The fourth-order valence-electron chi connectivity index (χ4n) is 5.65. The number of barbiturate groups is 1. The number of rotatable bonds is 3. The molecule has 192 valence electrons. The van der Waals surface area contributed by atoms with Crippen LogP contribution in [0, 0.1) is 24.0 Å². The number of carbonyl (C=O) groups is 3. The minimum atomic E-state index is -2.06. The van der Waals surface area contributed by atoms with Crippen molar-refractivity contribution >= 4 is 34.9 Å². The molecule has 5 rings (SSSR count). The Morgan fingerprint density at radius 3 is 2.31 bits per heavy atom. The smallest absolute Gasteiger partial charge is 0.337 e. The van der Waals surface area contributed by atoms with E-state index >= 15 is 8.78 Å². The van der Waals surface area contributed by atoms with Crippen LogP contribution in [-0.4, -0.2) is 86.3 Å². The maximum atomic E-state index is 15.7. The summed E-state index contributed by atoms with van der Waals surface area (Å²) in [6.07, 6.45) is -1.73. The molecule has 2 aromatic rings. The molecule has 3 aliphatic heterocycles. The van der Waals surface area contributed by atoms with Crippen LogP contribution in [0.2, 0.25) is 0 Å². The normalized spacial score (nSPS) is 25.5. The molecule has 0 radical (unpaired) electrons. The topological polar surface area (TPSA) is 136 Å². The van der Waals surface area contributed by atoms with Gasteiger partial charge in [0, 0.05) is 13.0 Å². The third-order valence-corrected chi connectivity index (χ3v) is 7.83. The van der Waals surface area contributed by atoms with E-state index < -0.39 is 73.0 Å². The second kappa shape index (κ2) is 8.50. The van der Waals surface area contributed by atoms with E-state index in [0.717, 1.165) is 11.3 Å². The number of carbonyl (C=O) groups excluding carboxylic acids is 3. The standard InChI is InChI=1S/C22H23F2N5O6S/c1-9-6-27-16-12(4-13(14(23)15(16)24)18-26-25-11(3)36-18)5-22(17(27)10(2)35-9)19(32)28(7-30)21(34)29(8-31)20(22)33/h4,9-10,17,30-31H,5-8H2,1-3H3/t9-,10+,17?/m1/s1. The summed E-state index contributed by atoms with van der Waals surface area (Å²) in [6, 6.07) is -0.994. The molecule has 11 nitrogen and oxygen atoms in total. The summed E-state index contributed by atoms with van der Waals surface area (Å²) in [4.78, 5) is 42.5. The van der Waals surface area contributed by atoms with E-state index in [4.69, 9.17) is 4.74 Å². The highest BCUT2D eigenvalue weighted by molar-refractivity contribution is 7.14. The SMILES string of the molecule is Cc1nnc(-c2cc3c(c(F)c2F)N2C[C@@H](C)O[C@@H](C)C2C2(C3)C(=O)N(CO)C(=O)N(CO)C2=O)s1. The Kier molecular flexibility index (Phi) is 5.82. The Morgan fingerprint density at radius 2 is 1.75 bits per heavy atom. The number of morpholine rings is 1. The lowest BCUT2D eigenvalue weighted by molar-refractivity contribution is -0.172. The van der Waals surface area contributed by atoms with Crippen molar-refractivity contribution in [3.63, 3.8) is 0 Å². The Labute approximate surface area is 207 Å². The quantitative estimate of drug-likeness (QED) is 0.565. The number of amides is 4. The highest BCUT2D eigenvalue weighted by Gasteiger charge is 2.67. The van der Waals surface area contributed by atoms with Gasteiger partial charge in [-0.05, 0) is 32.4 Å². The van der Waals surface area contributed by atoms with Crippen LogP contribution in [0.15, 0.2) is 6.07 Å². The van der Waals surface area contributed by atoms with E-state index in [1.807, 2.05) is 0 Å². The molecule has 36 heavy (non-hydrogen) atoms. The number of urea groups is 1. The molecule has 1 aromatic heterocycles. The van der Waals surface area contributed by atoms with Crippen molar-refractivity contribution < 1.29 is 38.1 Å². The molecule has 2 saturated heterocycles. The fraction of sp³-hybridized carbons (Fsp3) is 0.500. The van der Waals surface area contributed by atoms with Gasteiger partial charge in [-0.1, -0.05) is 11.3 Å². The van der Waals surface area contributed by atoms with Crippen molar-refractivity contribution in [2.24, 2.45) is 5.41 Å². The number of ether oxygens (including phenoxy) is 1. The Bertz CT molecular complexity index is 1260. The number of aliphatic hydroxyl groups excluding tert-OH is 2. The summed E-state index contributed by atoms with van der Waals surface area (Å²) in [5.74, 6) is -4.32. The average molecular weight is 524 g/mol. The van der Waals surface area contributed by atoms with Gasteiger partial charge in [0.2, 0.25) is 0 Å². The van der Waals surface area contributed by atoms with E-state index in [-0.39, 0.29) is 28.4 Å². The summed E-state index contributed by atoms with van der Waals surface area (Å²) in [5, 5.41) is 28.0. The lowest BCUT2D eigenvalue weighted by atomic mass is 9.65. The molecule has 0 saturated carbocycles. The highest BCUT2D eigenvalue weighted by atomic mass is 32.1. The molecular weight excluding hydrogens is 500 g/mol. The van der Waals surface area contributed by atoms with Crippen molar-refractivity contribution in [3.05, 3.63) is 28.3 Å². The number of halogens is 2. The van der Waals surface area contributed by atoms with Crippen LogP contribution in [0.5, 0.6) is 0 Å². The van der Waals surface area contributed by atoms with E-state index in [0.29, 0.717) is 14.8 Å². The average Bonchev–Trinajstić information content (AvgIpc) is 3.26. The van der Waals surface area contributed by atoms with Crippen molar-refractivity contribution in [1.82, 2.24) is 20.0 Å². The van der Waals surface area contributed by atoms with Crippen LogP contribution >= 0.6 is 11.3 Å². The summed E-state index contributed by atoms with van der Waals surface area (Å²) < 4.78 is 37.0. The van der Waals surface area contributed by atoms with Gasteiger partial charge in [-0.15, -0.1) is 10.2 Å². The monoisotopic (exact) mass is 523 g/mol. The first-order valence-corrected chi connectivity index (χ1v) is 12.0. The molecule has 2 N–H and O–H groups in total. The fourth-order valence-corrected chi connectivity index (χ4v) is 6.35. The first kappa shape index (κ1) is 24.6. The zero-order chi connectivity index (χ0) is 26.1. The first-order valence-electron chi connectivity index (χ1n) is 11.2. The van der Waals surface area contributed by atoms with Crippen molar-refractivity contribution in [2.75, 3.05) is 24.9 Å². The predicted molar refractivity (Wildman–Crippen MR) is 121 cm³/mol. The second-order valence-electron chi connectivity index (χ2n) is 9.11. The van der Waals surface area contributed by atoms with Crippen LogP contribution in [0.25, 0.3) is 10.6 Å². The minimum Gasteiger partial charge on any atom is -0.376 e. The summed E-state index contributed by atoms with van der Waals surface area (Å²) in [7, 11) is 0. The molecule has 0 bridgehead atoms. The summed E-state index contributed by atoms with van der Waals surface area (Å²) >= 11 is 1.05. The van der Waals surface area contributed by atoms with Gasteiger partial charge in [-0.3, -0.25) is 9.59 Å². The highest BCUT2D eigenvalue weighted by Crippen LogP contribution is 2.51. The van der Waals surface area contributed by atoms with Gasteiger partial charge in [0.1, 0.15) is 18.5 Å². The summed E-state index contributed by atoms with van der Waals surface area (Å²) in [6.45, 7) is 2.91. The molecule has 1 aromatic carbocycles. The van der Waals surface area contributed by atoms with Crippen molar-refractivity contribution in [2.45, 2.75) is 45.4 Å². The van der Waals surface area contributed by atoms with Crippen LogP contribution < -0.4 is 4.90 Å². The Hall–Kier alpha value is -3.07. The van der Waals surface area contributed by atoms with E-state index in [2.05, 4.69) is 10.2 Å². The zero-order valence-electron chi connectivity index (χ0n) is 19.6. The third kappa shape index (κ3) is 3.21. The minimum absolute atomic E-state index is 0.0180. The molecular formula is C22H23F2N5O6S. The number of benzene rings is 1. The number of hydrogen-bond acceptors (Lipinski definition) is 10. The third-order valence-electron chi connectivity index (χ3n) is 6.96. The Balaban J connectivity index is 1.78. The Morgan fingerprint density at radius 1 is 1.11 bits per heavy atom. The van der Waals surface area contributed by atoms with Gasteiger partial charge < -0.3 is 19.8 Å². The predicted octanol–water partition coefficient (Wildman–Crippen LogP) is 1.01. The summed E-state index contributed by atoms with van der Waals surface area (Å²) in [5.41, 5.74) is -2.21. The molecule has 4 heterocycles. The van der Waals surface area contributed by atoms with Gasteiger partial charge in [-0.25, -0.2) is 23.4 Å². The van der Waals surface area contributed by atoms with Crippen LogP contribution in [0.3, 0.4) is 0 Å². The van der Waals surface area contributed by atoms with Crippen molar-refractivity contribution in [3.8, 4) is 10.6 Å². The molecule has 3 atom stereocenters. The lowest BCUT2D eigenvalue weighted by Gasteiger charge is -2.57. The second-order valence-corrected chi connectivity index (χ2v) is 10.3. The molecule has 3 aliphatic rings. The lowest BCUT2D eigenvalue weighted by Crippen LogP contribution is -2.76. The van der Waals surface area contributed by atoms with E-state index in [1.165, 1.54) is 11.0 Å². The molecule has 0 aliphatic carbocycles. The maximum absolute atomic E-state index is 15.7. The molecule has 4 amide bonds. The number of fused-ring (bicyclic) bond motifs is 4. The first-order chi connectivity index (χ1) is 17.1. The van der Waals surface area contributed by atoms with Gasteiger partial charge in [-0.2, -0.15) is 0 Å². The van der Waals surface area contributed by atoms with Gasteiger partial charge in [0.15, 0.2) is 22.1 Å². The van der Waals surface area contributed by atoms with Gasteiger partial charge in [0.25, 0.3) is 11.8 Å². The number of anilines is 1. The van der Waals surface area contributed by atoms with E-state index in [1.54, 1.807) is 20.8 Å². The zero-order valence-corrected chi connectivity index (χ0v) is 20.4. The number of aromatic nitrogens is 2. The number of nitrogens with zero attached hydrogens (tertiary/aromatic N) is 5. The van der Waals surface area contributed by atoms with Crippen molar-refractivity contribution in [1.29, 1.82) is 0 Å². The molecule has 14 heteroatoms. The van der Waals surface area contributed by atoms with Crippen LogP contribution in [-0.2, 0) is 20.7 Å². The maximum Gasteiger partial charge on any atom is 0.337 e. The van der Waals surface area contributed by atoms with Crippen LogP contribution in [0.4, 0.5) is 19.3 Å². The van der Waals surface area contributed by atoms with Gasteiger partial charge >= 0.3 is 6.03 Å². The number of imide groups is 2. The number of aryl methyl sites for hydroxylation is 1. The number of hydrogen-bond donors (Lipinski definition) is 2. The molecule has 2 fully saturated rings. The molecule has 1 unspecified atom stereocenters. The largest absolute Gasteiger partial charge is 0.376 e. The van der Waals surface area contributed by atoms with E-state index in [9.17, 15) is 24.6 Å². The number of aliphatic hydroxyl groups is 2. The molecule has 1 spiro atoms. The van der Waals surface area contributed by atoms with Gasteiger partial charge in [0.05, 0.1) is 29.5 Å². The van der Waals surface area contributed by atoms with Crippen LogP contribution in [0.1, 0.15) is 24.4 Å².